The first kappa shape index (κ1) is 16.3. The Kier molecular flexibility index (Phi) is 7.64. The molecule has 0 radical (unpaired) electrons. The van der Waals surface area contributed by atoms with Gasteiger partial charge in [-0.1, -0.05) is 20.3 Å². The Balaban J connectivity index is 2.37. The molecule has 1 rings (SSSR count). The lowest BCUT2D eigenvalue weighted by Gasteiger charge is -2.30. The molecule has 0 aliphatic carbocycles. The summed E-state index contributed by atoms with van der Waals surface area (Å²) in [5, 5.41) is 4.22. The van der Waals surface area contributed by atoms with E-state index >= 15 is 0 Å². The van der Waals surface area contributed by atoms with Crippen molar-refractivity contribution in [3.63, 3.8) is 0 Å². The summed E-state index contributed by atoms with van der Waals surface area (Å²) in [6.07, 6.45) is 5.73. The average molecular weight is 293 g/mol. The average Bonchev–Trinajstić information content (AvgIpc) is 2.39. The van der Waals surface area contributed by atoms with Crippen LogP contribution in [0.4, 0.5) is 0 Å². The van der Waals surface area contributed by atoms with Crippen molar-refractivity contribution < 1.29 is 8.42 Å². The van der Waals surface area contributed by atoms with Crippen LogP contribution in [0.15, 0.2) is 0 Å². The Morgan fingerprint density at radius 2 is 2.11 bits per heavy atom. The molecule has 0 amide bonds. The van der Waals surface area contributed by atoms with Crippen LogP contribution >= 0.6 is 11.8 Å². The molecule has 1 aliphatic heterocycles. The first-order valence-corrected chi connectivity index (χ1v) is 10.0. The number of sulfone groups is 1. The van der Waals surface area contributed by atoms with Gasteiger partial charge in [0.2, 0.25) is 0 Å². The van der Waals surface area contributed by atoms with E-state index in [1.807, 2.05) is 0 Å². The molecule has 0 bridgehead atoms. The Hall–Kier alpha value is 0.260. The lowest BCUT2D eigenvalue weighted by molar-refractivity contribution is 0.445. The van der Waals surface area contributed by atoms with Crippen molar-refractivity contribution >= 4 is 21.6 Å². The third-order valence-electron chi connectivity index (χ3n) is 3.54. The molecule has 0 aromatic carbocycles. The highest BCUT2D eigenvalue weighted by atomic mass is 32.2. The van der Waals surface area contributed by atoms with Gasteiger partial charge in [0.25, 0.3) is 0 Å². The summed E-state index contributed by atoms with van der Waals surface area (Å²) in [5.74, 6) is 1.89. The predicted molar refractivity (Wildman–Crippen MR) is 81.1 cm³/mol. The lowest BCUT2D eigenvalue weighted by Crippen LogP contribution is -2.39. The number of nitrogens with one attached hydrogen (secondary N) is 1. The molecule has 1 saturated heterocycles. The van der Waals surface area contributed by atoms with Crippen LogP contribution in [0.1, 0.15) is 46.0 Å². The van der Waals surface area contributed by atoms with Crippen LogP contribution in [0.2, 0.25) is 0 Å². The van der Waals surface area contributed by atoms with Crippen molar-refractivity contribution in [1.29, 1.82) is 0 Å². The maximum Gasteiger partial charge on any atom is 0.150 e. The van der Waals surface area contributed by atoms with Crippen molar-refractivity contribution in [1.82, 2.24) is 5.32 Å². The zero-order valence-electron chi connectivity index (χ0n) is 11.7. The summed E-state index contributed by atoms with van der Waals surface area (Å²) in [4.78, 5) is 0. The Morgan fingerprint density at radius 3 is 2.67 bits per heavy atom. The standard InChI is InChI=1S/C13H27NO2S2/c1-3-14-12(13-9-5-6-10-17-13)8-7-11-18(15,16)4-2/h12-14H,3-11H2,1-2H3. The maximum absolute atomic E-state index is 11.5. The second-order valence-corrected chi connectivity index (χ2v) is 8.77. The minimum atomic E-state index is -2.80. The lowest BCUT2D eigenvalue weighted by atomic mass is 10.0. The molecule has 18 heavy (non-hydrogen) atoms. The number of rotatable bonds is 8. The van der Waals surface area contributed by atoms with Crippen LogP contribution in [-0.4, -0.2) is 43.5 Å². The summed E-state index contributed by atoms with van der Waals surface area (Å²) >= 11 is 2.06. The van der Waals surface area contributed by atoms with E-state index in [1.165, 1.54) is 25.0 Å². The molecule has 1 fully saturated rings. The van der Waals surface area contributed by atoms with Crippen molar-refractivity contribution in [3.05, 3.63) is 0 Å². The fourth-order valence-corrected chi connectivity index (χ4v) is 4.80. The first-order chi connectivity index (χ1) is 8.59. The maximum atomic E-state index is 11.5. The van der Waals surface area contributed by atoms with Crippen molar-refractivity contribution in [2.75, 3.05) is 23.8 Å². The second kappa shape index (κ2) is 8.43. The van der Waals surface area contributed by atoms with Crippen LogP contribution in [-0.2, 0) is 9.84 Å². The van der Waals surface area contributed by atoms with Gasteiger partial charge in [-0.05, 0) is 38.0 Å². The van der Waals surface area contributed by atoms with Crippen LogP contribution in [0.3, 0.4) is 0 Å². The van der Waals surface area contributed by atoms with Crippen LogP contribution in [0.25, 0.3) is 0 Å². The molecule has 3 nitrogen and oxygen atoms in total. The molecule has 2 atom stereocenters. The molecular weight excluding hydrogens is 266 g/mol. The van der Waals surface area contributed by atoms with Gasteiger partial charge in [-0.25, -0.2) is 8.42 Å². The first-order valence-electron chi connectivity index (χ1n) is 7.14. The van der Waals surface area contributed by atoms with Crippen molar-refractivity contribution in [2.24, 2.45) is 0 Å². The van der Waals surface area contributed by atoms with E-state index in [-0.39, 0.29) is 5.75 Å². The molecule has 2 unspecified atom stereocenters. The van der Waals surface area contributed by atoms with Gasteiger partial charge in [0, 0.05) is 17.0 Å². The largest absolute Gasteiger partial charge is 0.313 e. The summed E-state index contributed by atoms with van der Waals surface area (Å²) in [6, 6.07) is 0.493. The van der Waals surface area contributed by atoms with E-state index in [2.05, 4.69) is 24.0 Å². The number of thioether (sulfide) groups is 1. The third-order valence-corrected chi connectivity index (χ3v) is 6.85. The molecule has 0 saturated carbocycles. The Morgan fingerprint density at radius 1 is 1.33 bits per heavy atom. The molecule has 0 aromatic rings. The summed E-state index contributed by atoms with van der Waals surface area (Å²) in [7, 11) is -2.80. The zero-order valence-corrected chi connectivity index (χ0v) is 13.3. The highest BCUT2D eigenvalue weighted by Crippen LogP contribution is 2.29. The summed E-state index contributed by atoms with van der Waals surface area (Å²) < 4.78 is 23.0. The van der Waals surface area contributed by atoms with E-state index in [1.54, 1.807) is 6.92 Å². The van der Waals surface area contributed by atoms with Crippen LogP contribution < -0.4 is 5.32 Å². The van der Waals surface area contributed by atoms with E-state index in [4.69, 9.17) is 0 Å². The quantitative estimate of drug-likeness (QED) is 0.747. The summed E-state index contributed by atoms with van der Waals surface area (Å²) in [5.41, 5.74) is 0. The molecule has 0 spiro atoms. The van der Waals surface area contributed by atoms with Gasteiger partial charge in [-0.3, -0.25) is 0 Å². The third kappa shape index (κ3) is 5.93. The van der Waals surface area contributed by atoms with E-state index in [0.717, 1.165) is 19.4 Å². The van der Waals surface area contributed by atoms with Gasteiger partial charge in [-0.15, -0.1) is 0 Å². The highest BCUT2D eigenvalue weighted by molar-refractivity contribution is 8.00. The van der Waals surface area contributed by atoms with Gasteiger partial charge in [-0.2, -0.15) is 11.8 Å². The smallest absolute Gasteiger partial charge is 0.150 e. The fraction of sp³-hybridized carbons (Fsp3) is 1.00. The molecule has 0 aromatic heterocycles. The van der Waals surface area contributed by atoms with E-state index in [0.29, 0.717) is 17.0 Å². The van der Waals surface area contributed by atoms with Gasteiger partial charge in [0.05, 0.1) is 5.75 Å². The van der Waals surface area contributed by atoms with Crippen molar-refractivity contribution in [3.8, 4) is 0 Å². The highest BCUT2D eigenvalue weighted by Gasteiger charge is 2.23. The molecule has 108 valence electrons. The minimum Gasteiger partial charge on any atom is -0.313 e. The second-order valence-electron chi connectivity index (χ2n) is 4.95. The normalized spacial score (nSPS) is 22.9. The van der Waals surface area contributed by atoms with E-state index in [9.17, 15) is 8.42 Å². The Labute approximate surface area is 116 Å². The minimum absolute atomic E-state index is 0.275. The SMILES string of the molecule is CCNC(CCCS(=O)(=O)CC)C1CCCCS1. The van der Waals surface area contributed by atoms with E-state index < -0.39 is 9.84 Å². The summed E-state index contributed by atoms with van der Waals surface area (Å²) in [6.45, 7) is 4.83. The van der Waals surface area contributed by atoms with Gasteiger partial charge < -0.3 is 5.32 Å². The Bertz CT molecular complexity index is 311. The number of hydrogen-bond acceptors (Lipinski definition) is 4. The van der Waals surface area contributed by atoms with Crippen LogP contribution in [0, 0.1) is 0 Å². The molecule has 1 aliphatic rings. The number of hydrogen-bond donors (Lipinski definition) is 1. The monoisotopic (exact) mass is 293 g/mol. The molecule has 5 heteroatoms. The van der Waals surface area contributed by atoms with Crippen molar-refractivity contribution in [2.45, 2.75) is 57.2 Å². The molecule has 1 N–H and O–H groups in total. The molecular formula is C13H27NO2S2. The van der Waals surface area contributed by atoms with Crippen LogP contribution in [0.5, 0.6) is 0 Å². The topological polar surface area (TPSA) is 46.2 Å². The molecule has 1 heterocycles. The van der Waals surface area contributed by atoms with Gasteiger partial charge in [0.1, 0.15) is 9.84 Å². The van der Waals surface area contributed by atoms with Gasteiger partial charge in [0.15, 0.2) is 0 Å². The predicted octanol–water partition coefficient (Wildman–Crippen LogP) is 2.47. The zero-order chi connectivity index (χ0) is 13.4. The van der Waals surface area contributed by atoms with Gasteiger partial charge >= 0.3 is 0 Å². The fourth-order valence-electron chi connectivity index (χ4n) is 2.43.